The molecule has 0 saturated carbocycles. The molecule has 2 heterocycles. The van der Waals surface area contributed by atoms with Crippen LogP contribution in [0.15, 0.2) is 41.0 Å². The van der Waals surface area contributed by atoms with Gasteiger partial charge in [-0.3, -0.25) is 4.79 Å². The van der Waals surface area contributed by atoms with E-state index in [9.17, 15) is 14.7 Å². The Morgan fingerprint density at radius 2 is 2.00 bits per heavy atom. The van der Waals surface area contributed by atoms with Crippen molar-refractivity contribution in [2.75, 3.05) is 0 Å². The van der Waals surface area contributed by atoms with Crippen molar-refractivity contribution in [3.63, 3.8) is 0 Å². The van der Waals surface area contributed by atoms with Crippen molar-refractivity contribution in [2.24, 2.45) is 0 Å². The number of aromatic nitrogens is 1. The third kappa shape index (κ3) is 2.91. The van der Waals surface area contributed by atoms with Crippen molar-refractivity contribution in [3.05, 3.63) is 57.8 Å². The fourth-order valence-electron chi connectivity index (χ4n) is 3.02. The molecule has 1 unspecified atom stereocenters. The highest BCUT2D eigenvalue weighted by Gasteiger charge is 2.35. The van der Waals surface area contributed by atoms with Gasteiger partial charge in [0.25, 0.3) is 5.91 Å². The van der Waals surface area contributed by atoms with E-state index in [1.54, 1.807) is 6.07 Å². The second kappa shape index (κ2) is 6.20. The largest absolute Gasteiger partial charge is 0.480 e. The fourth-order valence-corrected chi connectivity index (χ4v) is 3.48. The molecule has 0 aliphatic carbocycles. The molecule has 6 heteroatoms. The molecule has 120 valence electrons. The first-order chi connectivity index (χ1) is 11.0. The van der Waals surface area contributed by atoms with Gasteiger partial charge >= 0.3 is 5.97 Å². The molecule has 1 aliphatic heterocycles. The zero-order valence-corrected chi connectivity index (χ0v) is 14.3. The maximum atomic E-state index is 12.9. The van der Waals surface area contributed by atoms with Crippen LogP contribution in [0, 0.1) is 0 Å². The first-order valence-electron chi connectivity index (χ1n) is 7.47. The number of carbonyl (C=O) groups is 2. The first-order valence-corrected chi connectivity index (χ1v) is 8.26. The van der Waals surface area contributed by atoms with Gasteiger partial charge in [-0.05, 0) is 40.0 Å². The van der Waals surface area contributed by atoms with Crippen molar-refractivity contribution in [2.45, 2.75) is 32.5 Å². The lowest BCUT2D eigenvalue weighted by Crippen LogP contribution is -2.49. The number of carboxylic acids is 1. The van der Waals surface area contributed by atoms with Crippen LogP contribution in [0.25, 0.3) is 0 Å². The molecule has 2 aromatic rings. The molecule has 0 radical (unpaired) electrons. The minimum absolute atomic E-state index is 0.251. The number of rotatable bonds is 3. The summed E-state index contributed by atoms with van der Waals surface area (Å²) in [6, 6.07) is 8.59. The molecule has 23 heavy (non-hydrogen) atoms. The minimum Gasteiger partial charge on any atom is -0.480 e. The number of aliphatic carboxylic acids is 1. The molecule has 1 aromatic carbocycles. The van der Waals surface area contributed by atoms with E-state index in [1.165, 1.54) is 4.90 Å². The van der Waals surface area contributed by atoms with Crippen molar-refractivity contribution in [1.29, 1.82) is 0 Å². The van der Waals surface area contributed by atoms with Crippen molar-refractivity contribution >= 4 is 27.8 Å². The van der Waals surface area contributed by atoms with Gasteiger partial charge in [-0.1, -0.05) is 24.3 Å². The van der Waals surface area contributed by atoms with Crippen molar-refractivity contribution < 1.29 is 14.7 Å². The molecule has 0 fully saturated rings. The van der Waals surface area contributed by atoms with Crippen LogP contribution in [0.4, 0.5) is 0 Å². The Hall–Kier alpha value is -2.08. The highest BCUT2D eigenvalue weighted by Crippen LogP contribution is 2.26. The molecular weight excluding hydrogens is 360 g/mol. The predicted octanol–water partition coefficient (Wildman–Crippen LogP) is 2.92. The fraction of sp³-hybridized carbons (Fsp3) is 0.294. The number of benzene rings is 1. The Kier molecular flexibility index (Phi) is 4.26. The minimum atomic E-state index is -0.971. The van der Waals surface area contributed by atoms with Gasteiger partial charge in [0.2, 0.25) is 0 Å². The molecule has 0 bridgehead atoms. The van der Waals surface area contributed by atoms with E-state index in [-0.39, 0.29) is 5.91 Å². The van der Waals surface area contributed by atoms with Gasteiger partial charge in [-0.2, -0.15) is 0 Å². The van der Waals surface area contributed by atoms with E-state index >= 15 is 0 Å². The summed E-state index contributed by atoms with van der Waals surface area (Å²) in [6.07, 6.45) is 2.17. The maximum absolute atomic E-state index is 12.9. The Bertz CT molecular complexity index is 769. The molecule has 1 aliphatic rings. The summed E-state index contributed by atoms with van der Waals surface area (Å²) in [4.78, 5) is 26.1. The Morgan fingerprint density at radius 3 is 2.65 bits per heavy atom. The smallest absolute Gasteiger partial charge is 0.326 e. The molecule has 1 amide bonds. The summed E-state index contributed by atoms with van der Waals surface area (Å²) < 4.78 is 2.64. The zero-order chi connectivity index (χ0) is 16.6. The van der Waals surface area contributed by atoms with Crippen LogP contribution in [0.3, 0.4) is 0 Å². The summed E-state index contributed by atoms with van der Waals surface area (Å²) >= 11 is 3.38. The second-order valence-corrected chi connectivity index (χ2v) is 6.51. The Balaban J connectivity index is 1.99. The lowest BCUT2D eigenvalue weighted by Gasteiger charge is -2.34. The summed E-state index contributed by atoms with van der Waals surface area (Å²) in [5.74, 6) is -1.22. The SMILES string of the molecule is CCn1cc(Br)cc1C(=O)N1Cc2ccccc2CC1C(=O)O. The van der Waals surface area contributed by atoms with Crippen LogP contribution in [0.2, 0.25) is 0 Å². The van der Waals surface area contributed by atoms with Crippen LogP contribution in [0.1, 0.15) is 28.5 Å². The van der Waals surface area contributed by atoms with Crippen LogP contribution < -0.4 is 0 Å². The number of nitrogens with zero attached hydrogens (tertiary/aromatic N) is 2. The maximum Gasteiger partial charge on any atom is 0.326 e. The number of halogens is 1. The van der Waals surface area contributed by atoms with Gasteiger partial charge in [0, 0.05) is 30.2 Å². The number of fused-ring (bicyclic) bond motifs is 1. The molecule has 5 nitrogen and oxygen atoms in total. The lowest BCUT2D eigenvalue weighted by atomic mass is 9.93. The Labute approximate surface area is 142 Å². The lowest BCUT2D eigenvalue weighted by molar-refractivity contribution is -0.142. The van der Waals surface area contributed by atoms with E-state index in [4.69, 9.17) is 0 Å². The average Bonchev–Trinajstić information content (AvgIpc) is 2.93. The van der Waals surface area contributed by atoms with E-state index in [2.05, 4.69) is 15.9 Å². The van der Waals surface area contributed by atoms with Crippen molar-refractivity contribution in [1.82, 2.24) is 9.47 Å². The molecule has 0 spiro atoms. The zero-order valence-electron chi connectivity index (χ0n) is 12.7. The third-order valence-electron chi connectivity index (χ3n) is 4.22. The molecule has 3 rings (SSSR count). The monoisotopic (exact) mass is 376 g/mol. The average molecular weight is 377 g/mol. The van der Waals surface area contributed by atoms with Crippen LogP contribution in [-0.2, 0) is 24.3 Å². The van der Waals surface area contributed by atoms with E-state index in [0.717, 1.165) is 15.6 Å². The highest BCUT2D eigenvalue weighted by molar-refractivity contribution is 9.10. The number of hydrogen-bond acceptors (Lipinski definition) is 2. The molecular formula is C17H17BrN2O3. The molecule has 1 N–H and O–H groups in total. The van der Waals surface area contributed by atoms with Gasteiger partial charge in [-0.15, -0.1) is 0 Å². The number of hydrogen-bond donors (Lipinski definition) is 1. The van der Waals surface area contributed by atoms with Crippen LogP contribution in [0.5, 0.6) is 0 Å². The van der Waals surface area contributed by atoms with Gasteiger partial charge in [0.05, 0.1) is 0 Å². The number of amides is 1. The normalized spacial score (nSPS) is 17.0. The van der Waals surface area contributed by atoms with Gasteiger partial charge in [0.1, 0.15) is 11.7 Å². The van der Waals surface area contributed by atoms with Crippen LogP contribution in [-0.4, -0.2) is 32.5 Å². The summed E-state index contributed by atoms with van der Waals surface area (Å²) in [7, 11) is 0. The summed E-state index contributed by atoms with van der Waals surface area (Å²) in [5, 5.41) is 9.55. The van der Waals surface area contributed by atoms with Gasteiger partial charge < -0.3 is 14.6 Å². The Morgan fingerprint density at radius 1 is 1.30 bits per heavy atom. The van der Waals surface area contributed by atoms with E-state index in [0.29, 0.717) is 25.2 Å². The van der Waals surface area contributed by atoms with Gasteiger partial charge in [0.15, 0.2) is 0 Å². The summed E-state index contributed by atoms with van der Waals surface area (Å²) in [6.45, 7) is 2.91. The van der Waals surface area contributed by atoms with Gasteiger partial charge in [-0.25, -0.2) is 4.79 Å². The highest BCUT2D eigenvalue weighted by atomic mass is 79.9. The molecule has 1 atom stereocenters. The third-order valence-corrected chi connectivity index (χ3v) is 4.65. The molecule has 1 aromatic heterocycles. The number of carboxylic acid groups (broad SMARTS) is 1. The predicted molar refractivity (Wildman–Crippen MR) is 89.2 cm³/mol. The molecule has 0 saturated heterocycles. The quantitative estimate of drug-likeness (QED) is 0.895. The van der Waals surface area contributed by atoms with Crippen molar-refractivity contribution in [3.8, 4) is 0 Å². The number of carbonyl (C=O) groups excluding carboxylic acids is 1. The second-order valence-electron chi connectivity index (χ2n) is 5.59. The number of aryl methyl sites for hydroxylation is 1. The summed E-state index contributed by atoms with van der Waals surface area (Å²) in [5.41, 5.74) is 2.51. The standard InChI is InChI=1S/C17H17BrN2O3/c1-2-19-10-13(18)8-14(19)16(21)20-9-12-6-4-3-5-11(12)7-15(20)17(22)23/h3-6,8,10,15H,2,7,9H2,1H3,(H,22,23). The van der Waals surface area contributed by atoms with Crippen LogP contribution >= 0.6 is 15.9 Å². The van der Waals surface area contributed by atoms with E-state index < -0.39 is 12.0 Å². The first kappa shape index (κ1) is 15.8. The van der Waals surface area contributed by atoms with E-state index in [1.807, 2.05) is 42.0 Å². The topological polar surface area (TPSA) is 62.5 Å².